The second-order valence-electron chi connectivity index (χ2n) is 4.72. The molecule has 0 saturated carbocycles. The molecule has 0 amide bonds. The Hall–Kier alpha value is -2.14. The van der Waals surface area contributed by atoms with E-state index in [1.165, 1.54) is 12.1 Å². The first-order valence-corrected chi connectivity index (χ1v) is 6.85. The Bertz CT molecular complexity index is 643. The molecule has 2 aromatic rings. The van der Waals surface area contributed by atoms with Crippen molar-refractivity contribution in [3.8, 4) is 5.75 Å². The molecule has 0 spiro atoms. The summed E-state index contributed by atoms with van der Waals surface area (Å²) in [5, 5.41) is 0. The minimum atomic E-state index is -0.250. The summed E-state index contributed by atoms with van der Waals surface area (Å²) in [5.41, 5.74) is 8.35. The summed E-state index contributed by atoms with van der Waals surface area (Å²) in [4.78, 5) is 2.35. The fourth-order valence-electron chi connectivity index (χ4n) is 2.10. The maximum absolute atomic E-state index is 13.0. The third-order valence-corrected chi connectivity index (χ3v) is 3.48. The van der Waals surface area contributed by atoms with Gasteiger partial charge >= 0.3 is 0 Å². The number of thiocarbonyl (C=S) groups is 1. The molecule has 0 bridgehead atoms. The number of nitrogens with zero attached hydrogens (tertiary/aromatic N) is 1. The van der Waals surface area contributed by atoms with Crippen molar-refractivity contribution in [2.24, 2.45) is 5.73 Å². The van der Waals surface area contributed by atoms with Crippen LogP contribution in [0.15, 0.2) is 42.5 Å². The van der Waals surface area contributed by atoms with Crippen LogP contribution in [0.25, 0.3) is 0 Å². The second kappa shape index (κ2) is 6.54. The molecule has 0 aliphatic rings. The van der Waals surface area contributed by atoms with Crippen LogP contribution in [0.2, 0.25) is 0 Å². The smallest absolute Gasteiger partial charge is 0.123 e. The number of methoxy groups -OCH3 is 1. The highest BCUT2D eigenvalue weighted by molar-refractivity contribution is 7.80. The number of nitrogens with two attached hydrogens (primary N) is 1. The molecule has 0 unspecified atom stereocenters. The normalized spacial score (nSPS) is 10.2. The zero-order valence-corrected chi connectivity index (χ0v) is 12.8. The zero-order valence-electron chi connectivity index (χ0n) is 12.0. The van der Waals surface area contributed by atoms with E-state index < -0.39 is 0 Å². The first-order chi connectivity index (χ1) is 10.0. The Morgan fingerprint density at radius 1 is 1.24 bits per heavy atom. The summed E-state index contributed by atoms with van der Waals surface area (Å²) < 4.78 is 18.3. The number of rotatable bonds is 5. The molecule has 0 aromatic heterocycles. The van der Waals surface area contributed by atoms with Crippen molar-refractivity contribution in [1.29, 1.82) is 0 Å². The van der Waals surface area contributed by atoms with Gasteiger partial charge in [-0.1, -0.05) is 12.2 Å². The molecule has 2 rings (SSSR count). The van der Waals surface area contributed by atoms with Gasteiger partial charge in [0.05, 0.1) is 7.11 Å². The first kappa shape index (κ1) is 15.3. The van der Waals surface area contributed by atoms with Gasteiger partial charge in [0.2, 0.25) is 0 Å². The van der Waals surface area contributed by atoms with E-state index in [2.05, 4.69) is 0 Å². The lowest BCUT2D eigenvalue weighted by molar-refractivity contribution is 0.409. The number of ether oxygens (including phenoxy) is 1. The van der Waals surface area contributed by atoms with Gasteiger partial charge in [-0.2, -0.15) is 0 Å². The molecule has 5 heteroatoms. The highest BCUT2D eigenvalue weighted by Gasteiger charge is 2.09. The summed E-state index contributed by atoms with van der Waals surface area (Å²) in [6.45, 7) is 0.602. The Morgan fingerprint density at radius 3 is 2.48 bits per heavy atom. The number of hydrogen-bond donors (Lipinski definition) is 1. The Labute approximate surface area is 129 Å². The van der Waals surface area contributed by atoms with Crippen LogP contribution >= 0.6 is 12.2 Å². The summed E-state index contributed by atoms with van der Waals surface area (Å²) in [6, 6.07) is 12.0. The van der Waals surface area contributed by atoms with Crippen molar-refractivity contribution < 1.29 is 9.13 Å². The quantitative estimate of drug-likeness (QED) is 0.862. The van der Waals surface area contributed by atoms with Gasteiger partial charge in [0, 0.05) is 30.4 Å². The molecule has 0 atom stereocenters. The molecule has 0 heterocycles. The summed E-state index contributed by atoms with van der Waals surface area (Å²) in [5.74, 6) is 0.518. The predicted octanol–water partition coefficient (Wildman–Crippen LogP) is 3.10. The van der Waals surface area contributed by atoms with Crippen molar-refractivity contribution in [3.63, 3.8) is 0 Å². The SMILES string of the molecule is COc1ccc(C(N)=S)cc1CN(C)c1ccc(F)cc1. The van der Waals surface area contributed by atoms with E-state index in [0.717, 1.165) is 22.6 Å². The van der Waals surface area contributed by atoms with Gasteiger partial charge in [-0.25, -0.2) is 4.39 Å². The lowest BCUT2D eigenvalue weighted by atomic mass is 10.1. The van der Waals surface area contributed by atoms with Gasteiger partial charge in [-0.3, -0.25) is 0 Å². The maximum atomic E-state index is 13.0. The van der Waals surface area contributed by atoms with Crippen LogP contribution in [0.3, 0.4) is 0 Å². The molecule has 110 valence electrons. The minimum absolute atomic E-state index is 0.250. The van der Waals surface area contributed by atoms with Crippen molar-refractivity contribution in [2.75, 3.05) is 19.1 Å². The lowest BCUT2D eigenvalue weighted by Gasteiger charge is -2.21. The standard InChI is InChI=1S/C16H17FN2OS/c1-19(14-6-4-13(17)5-7-14)10-12-9-11(16(18)21)3-8-15(12)20-2/h3-9H,10H2,1-2H3,(H2,18,21). The van der Waals surface area contributed by atoms with Crippen LogP contribution in [-0.4, -0.2) is 19.1 Å². The fraction of sp³-hybridized carbons (Fsp3) is 0.188. The molecule has 0 fully saturated rings. The third-order valence-electron chi connectivity index (χ3n) is 3.24. The van der Waals surface area contributed by atoms with E-state index in [1.807, 2.05) is 30.1 Å². The summed E-state index contributed by atoms with van der Waals surface area (Å²) in [6.07, 6.45) is 0. The van der Waals surface area contributed by atoms with E-state index in [1.54, 1.807) is 19.2 Å². The molecule has 0 radical (unpaired) electrons. The van der Waals surface area contributed by atoms with Gasteiger partial charge in [-0.05, 0) is 42.5 Å². The minimum Gasteiger partial charge on any atom is -0.496 e. The van der Waals surface area contributed by atoms with E-state index in [9.17, 15) is 4.39 Å². The number of anilines is 1. The van der Waals surface area contributed by atoms with E-state index in [-0.39, 0.29) is 5.82 Å². The number of hydrogen-bond acceptors (Lipinski definition) is 3. The van der Waals surface area contributed by atoms with E-state index in [0.29, 0.717) is 11.5 Å². The van der Waals surface area contributed by atoms with Crippen LogP contribution in [0, 0.1) is 5.82 Å². The predicted molar refractivity (Wildman–Crippen MR) is 87.4 cm³/mol. The molecule has 0 aliphatic carbocycles. The Morgan fingerprint density at radius 2 is 1.90 bits per heavy atom. The van der Waals surface area contributed by atoms with Gasteiger partial charge in [0.15, 0.2) is 0 Å². The van der Waals surface area contributed by atoms with Crippen molar-refractivity contribution in [3.05, 3.63) is 59.4 Å². The van der Waals surface area contributed by atoms with Crippen LogP contribution in [-0.2, 0) is 6.54 Å². The molecular formula is C16H17FN2OS. The zero-order chi connectivity index (χ0) is 15.4. The van der Waals surface area contributed by atoms with Crippen LogP contribution in [0.5, 0.6) is 5.75 Å². The maximum Gasteiger partial charge on any atom is 0.123 e. The van der Waals surface area contributed by atoms with Gasteiger partial charge < -0.3 is 15.4 Å². The van der Waals surface area contributed by atoms with Crippen molar-refractivity contribution in [2.45, 2.75) is 6.54 Å². The van der Waals surface area contributed by atoms with E-state index in [4.69, 9.17) is 22.7 Å². The summed E-state index contributed by atoms with van der Waals surface area (Å²) >= 11 is 5.00. The molecule has 3 nitrogen and oxygen atoms in total. The Kier molecular flexibility index (Phi) is 4.75. The molecular weight excluding hydrogens is 287 g/mol. The average Bonchev–Trinajstić information content (AvgIpc) is 2.47. The van der Waals surface area contributed by atoms with Gasteiger partial charge in [-0.15, -0.1) is 0 Å². The van der Waals surface area contributed by atoms with Crippen LogP contribution in [0.1, 0.15) is 11.1 Å². The number of halogens is 1. The van der Waals surface area contributed by atoms with Gasteiger partial charge in [0.1, 0.15) is 16.6 Å². The highest BCUT2D eigenvalue weighted by atomic mass is 32.1. The second-order valence-corrected chi connectivity index (χ2v) is 5.16. The highest BCUT2D eigenvalue weighted by Crippen LogP contribution is 2.24. The largest absolute Gasteiger partial charge is 0.496 e. The van der Waals surface area contributed by atoms with Crippen molar-refractivity contribution in [1.82, 2.24) is 0 Å². The molecule has 2 aromatic carbocycles. The molecule has 21 heavy (non-hydrogen) atoms. The topological polar surface area (TPSA) is 38.5 Å². The van der Waals surface area contributed by atoms with E-state index >= 15 is 0 Å². The monoisotopic (exact) mass is 304 g/mol. The van der Waals surface area contributed by atoms with Crippen molar-refractivity contribution >= 4 is 22.9 Å². The molecule has 2 N–H and O–H groups in total. The van der Waals surface area contributed by atoms with Crippen LogP contribution in [0.4, 0.5) is 10.1 Å². The van der Waals surface area contributed by atoms with Crippen LogP contribution < -0.4 is 15.4 Å². The van der Waals surface area contributed by atoms with Gasteiger partial charge in [0.25, 0.3) is 0 Å². The lowest BCUT2D eigenvalue weighted by Crippen LogP contribution is -2.18. The molecule has 0 aliphatic heterocycles. The average molecular weight is 304 g/mol. The Balaban J connectivity index is 2.26. The fourth-order valence-corrected chi connectivity index (χ4v) is 2.22. The first-order valence-electron chi connectivity index (χ1n) is 6.44. The molecule has 0 saturated heterocycles. The summed E-state index contributed by atoms with van der Waals surface area (Å²) in [7, 11) is 3.55. The third kappa shape index (κ3) is 3.70. The number of benzene rings is 2.